The van der Waals surface area contributed by atoms with Crippen molar-refractivity contribution in [3.05, 3.63) is 40.8 Å². The number of fused-ring (bicyclic) bond motifs is 1. The second-order valence-electron chi connectivity index (χ2n) is 6.33. The first-order valence-corrected chi connectivity index (χ1v) is 8.92. The Labute approximate surface area is 147 Å². The molecule has 2 heterocycles. The standard InChI is InChI=1S/C19H25N3O3/c1-2-18(23)22-11-9-21(10-12-22)8-3-13-25-16-5-4-15-6-7-20-19(24)17(15)14-16/h4-7,14H,2-3,8-13H2,1H3,(H,20,24). The Hall–Kier alpha value is -2.34. The molecule has 1 aliphatic rings. The van der Waals surface area contributed by atoms with E-state index in [1.807, 2.05) is 30.0 Å². The van der Waals surface area contributed by atoms with Crippen LogP contribution in [0.4, 0.5) is 0 Å². The van der Waals surface area contributed by atoms with E-state index in [1.165, 1.54) is 0 Å². The summed E-state index contributed by atoms with van der Waals surface area (Å²) >= 11 is 0. The zero-order chi connectivity index (χ0) is 17.6. The van der Waals surface area contributed by atoms with Gasteiger partial charge in [0, 0.05) is 45.3 Å². The van der Waals surface area contributed by atoms with E-state index in [4.69, 9.17) is 4.74 Å². The van der Waals surface area contributed by atoms with E-state index in [-0.39, 0.29) is 11.5 Å². The van der Waals surface area contributed by atoms with Crippen molar-refractivity contribution in [2.45, 2.75) is 19.8 Å². The van der Waals surface area contributed by atoms with E-state index < -0.39 is 0 Å². The van der Waals surface area contributed by atoms with Crippen molar-refractivity contribution in [1.29, 1.82) is 0 Å². The van der Waals surface area contributed by atoms with Crippen LogP contribution >= 0.6 is 0 Å². The van der Waals surface area contributed by atoms with Crippen molar-refractivity contribution in [3.8, 4) is 5.75 Å². The smallest absolute Gasteiger partial charge is 0.255 e. The zero-order valence-electron chi connectivity index (χ0n) is 14.7. The summed E-state index contributed by atoms with van der Waals surface area (Å²) in [7, 11) is 0. The number of benzene rings is 1. The lowest BCUT2D eigenvalue weighted by Gasteiger charge is -2.34. The molecule has 0 aliphatic carbocycles. The Balaban J connectivity index is 1.43. The van der Waals surface area contributed by atoms with Gasteiger partial charge in [-0.2, -0.15) is 0 Å². The fraction of sp³-hybridized carbons (Fsp3) is 0.474. The maximum Gasteiger partial charge on any atom is 0.255 e. The molecule has 6 heteroatoms. The number of carbonyl (C=O) groups excluding carboxylic acids is 1. The van der Waals surface area contributed by atoms with Crippen molar-refractivity contribution in [2.75, 3.05) is 39.3 Å². The van der Waals surface area contributed by atoms with Crippen LogP contribution in [-0.2, 0) is 4.79 Å². The maximum atomic E-state index is 11.8. The number of hydrogen-bond donors (Lipinski definition) is 1. The summed E-state index contributed by atoms with van der Waals surface area (Å²) in [4.78, 5) is 30.5. The molecule has 25 heavy (non-hydrogen) atoms. The second kappa shape index (κ2) is 8.16. The van der Waals surface area contributed by atoms with Crippen molar-refractivity contribution >= 4 is 16.7 Å². The van der Waals surface area contributed by atoms with Crippen LogP contribution in [0.2, 0.25) is 0 Å². The Kier molecular flexibility index (Phi) is 5.71. The Morgan fingerprint density at radius 3 is 2.76 bits per heavy atom. The number of amides is 1. The third kappa shape index (κ3) is 4.39. The van der Waals surface area contributed by atoms with Crippen LogP contribution in [0.1, 0.15) is 19.8 Å². The van der Waals surface area contributed by atoms with Gasteiger partial charge < -0.3 is 14.6 Å². The topological polar surface area (TPSA) is 65.6 Å². The number of hydrogen-bond acceptors (Lipinski definition) is 4. The van der Waals surface area contributed by atoms with Crippen LogP contribution in [0.3, 0.4) is 0 Å². The van der Waals surface area contributed by atoms with Gasteiger partial charge >= 0.3 is 0 Å². The molecular formula is C19H25N3O3. The first kappa shape index (κ1) is 17.5. The molecule has 1 N–H and O–H groups in total. The summed E-state index contributed by atoms with van der Waals surface area (Å²) in [6.07, 6.45) is 3.16. The number of pyridine rings is 1. The molecule has 1 aromatic carbocycles. The summed E-state index contributed by atoms with van der Waals surface area (Å²) < 4.78 is 5.79. The van der Waals surface area contributed by atoms with Gasteiger partial charge in [0.2, 0.25) is 5.91 Å². The van der Waals surface area contributed by atoms with Crippen molar-refractivity contribution in [2.24, 2.45) is 0 Å². The summed E-state index contributed by atoms with van der Waals surface area (Å²) in [5.74, 6) is 0.969. The Bertz CT molecular complexity index is 779. The molecule has 0 bridgehead atoms. The molecule has 134 valence electrons. The van der Waals surface area contributed by atoms with Gasteiger partial charge in [0.25, 0.3) is 5.56 Å². The highest BCUT2D eigenvalue weighted by atomic mass is 16.5. The Morgan fingerprint density at radius 2 is 2.00 bits per heavy atom. The van der Waals surface area contributed by atoms with Crippen LogP contribution in [0.5, 0.6) is 5.75 Å². The minimum absolute atomic E-state index is 0.0950. The Morgan fingerprint density at radius 1 is 1.20 bits per heavy atom. The average molecular weight is 343 g/mol. The van der Waals surface area contributed by atoms with Gasteiger partial charge in [-0.3, -0.25) is 14.5 Å². The number of aromatic amines is 1. The summed E-state index contributed by atoms with van der Waals surface area (Å²) in [5, 5.41) is 1.56. The number of nitrogens with zero attached hydrogens (tertiary/aromatic N) is 2. The third-order valence-electron chi connectivity index (χ3n) is 4.66. The van der Waals surface area contributed by atoms with E-state index in [2.05, 4.69) is 9.88 Å². The van der Waals surface area contributed by atoms with Crippen molar-refractivity contribution < 1.29 is 9.53 Å². The molecule has 0 unspecified atom stereocenters. The van der Waals surface area contributed by atoms with Gasteiger partial charge in [-0.15, -0.1) is 0 Å². The van der Waals surface area contributed by atoms with E-state index in [9.17, 15) is 9.59 Å². The van der Waals surface area contributed by atoms with Gasteiger partial charge in [0.15, 0.2) is 0 Å². The van der Waals surface area contributed by atoms with Crippen molar-refractivity contribution in [3.63, 3.8) is 0 Å². The average Bonchev–Trinajstić information content (AvgIpc) is 2.65. The SMILES string of the molecule is CCC(=O)N1CCN(CCCOc2ccc3cc[nH]c(=O)c3c2)CC1. The van der Waals surface area contributed by atoms with Gasteiger partial charge in [-0.05, 0) is 30.0 Å². The lowest BCUT2D eigenvalue weighted by molar-refractivity contribution is -0.132. The number of H-pyrrole nitrogens is 1. The summed E-state index contributed by atoms with van der Waals surface area (Å²) in [6.45, 7) is 6.98. The maximum absolute atomic E-state index is 11.8. The molecule has 0 radical (unpaired) electrons. The zero-order valence-corrected chi connectivity index (χ0v) is 14.7. The number of aromatic nitrogens is 1. The van der Waals surface area contributed by atoms with Gasteiger partial charge in [0.1, 0.15) is 5.75 Å². The summed E-state index contributed by atoms with van der Waals surface area (Å²) in [5.41, 5.74) is -0.0950. The van der Waals surface area contributed by atoms with Crippen molar-refractivity contribution in [1.82, 2.24) is 14.8 Å². The highest BCUT2D eigenvalue weighted by Crippen LogP contribution is 2.17. The van der Waals surface area contributed by atoms with Crippen LogP contribution in [0.15, 0.2) is 35.3 Å². The van der Waals surface area contributed by atoms with E-state index in [0.29, 0.717) is 18.4 Å². The lowest BCUT2D eigenvalue weighted by Crippen LogP contribution is -2.48. The molecule has 1 fully saturated rings. The fourth-order valence-corrected chi connectivity index (χ4v) is 3.17. The highest BCUT2D eigenvalue weighted by Gasteiger charge is 2.19. The number of rotatable bonds is 6. The lowest BCUT2D eigenvalue weighted by atomic mass is 10.2. The van der Waals surface area contributed by atoms with E-state index >= 15 is 0 Å². The molecule has 0 spiro atoms. The van der Waals surface area contributed by atoms with Crippen LogP contribution in [-0.4, -0.2) is 60.0 Å². The number of ether oxygens (including phenoxy) is 1. The van der Waals surface area contributed by atoms with E-state index in [0.717, 1.165) is 50.3 Å². The number of carbonyl (C=O) groups is 1. The predicted octanol–water partition coefficient (Wildman–Crippen LogP) is 1.85. The first-order chi connectivity index (χ1) is 12.2. The molecule has 0 saturated carbocycles. The predicted molar refractivity (Wildman–Crippen MR) is 98.0 cm³/mol. The highest BCUT2D eigenvalue weighted by molar-refractivity contribution is 5.82. The molecule has 1 amide bonds. The van der Waals surface area contributed by atoms with E-state index in [1.54, 1.807) is 12.3 Å². The minimum atomic E-state index is -0.0950. The molecule has 1 aliphatic heterocycles. The molecule has 3 rings (SSSR count). The quantitative estimate of drug-likeness (QED) is 0.813. The second-order valence-corrected chi connectivity index (χ2v) is 6.33. The monoisotopic (exact) mass is 343 g/mol. The normalized spacial score (nSPS) is 15.5. The van der Waals surface area contributed by atoms with Crippen LogP contribution in [0.25, 0.3) is 10.8 Å². The number of piperazine rings is 1. The molecule has 6 nitrogen and oxygen atoms in total. The molecule has 1 aromatic heterocycles. The summed E-state index contributed by atoms with van der Waals surface area (Å²) in [6, 6.07) is 7.48. The minimum Gasteiger partial charge on any atom is -0.494 e. The molecular weight excluding hydrogens is 318 g/mol. The fourth-order valence-electron chi connectivity index (χ4n) is 3.17. The van der Waals surface area contributed by atoms with Gasteiger partial charge in [-0.25, -0.2) is 0 Å². The first-order valence-electron chi connectivity index (χ1n) is 8.92. The van der Waals surface area contributed by atoms with Crippen LogP contribution in [0, 0.1) is 0 Å². The molecule has 1 saturated heterocycles. The van der Waals surface area contributed by atoms with Gasteiger partial charge in [0.05, 0.1) is 12.0 Å². The molecule has 2 aromatic rings. The molecule has 0 atom stereocenters. The van der Waals surface area contributed by atoms with Gasteiger partial charge in [-0.1, -0.05) is 13.0 Å². The third-order valence-corrected chi connectivity index (χ3v) is 4.66. The van der Waals surface area contributed by atoms with Crippen LogP contribution < -0.4 is 10.3 Å². The largest absolute Gasteiger partial charge is 0.494 e. The number of nitrogens with one attached hydrogen (secondary N) is 1.